The van der Waals surface area contributed by atoms with Crippen molar-refractivity contribution in [2.45, 2.75) is 11.8 Å². The van der Waals surface area contributed by atoms with Crippen LogP contribution in [-0.4, -0.2) is 17.9 Å². The molecule has 7 heavy (non-hydrogen) atoms. The Morgan fingerprint density at radius 1 is 1.57 bits per heavy atom. The molecule has 3 heteroatoms. The fourth-order valence-corrected chi connectivity index (χ4v) is 0.680. The topological polar surface area (TPSA) is 0 Å². The maximum Gasteiger partial charge on any atom is 0.106 e. The van der Waals surface area contributed by atoms with Crippen LogP contribution in [0.4, 0.5) is 4.39 Å². The molecule has 0 aromatic rings. The molecule has 0 aromatic heterocycles. The van der Waals surface area contributed by atoms with Gasteiger partial charge < -0.3 is 0 Å². The lowest BCUT2D eigenvalue weighted by Crippen LogP contribution is -2.00. The summed E-state index contributed by atoms with van der Waals surface area (Å²) >= 11 is 10.5. The molecule has 0 saturated carbocycles. The van der Waals surface area contributed by atoms with E-state index in [0.29, 0.717) is 12.3 Å². The first-order valence-corrected chi connectivity index (χ1v) is 3.04. The van der Waals surface area contributed by atoms with Crippen LogP contribution in [-0.2, 0) is 0 Å². The molecule has 0 heterocycles. The second kappa shape index (κ2) is 4.66. The highest BCUT2D eigenvalue weighted by molar-refractivity contribution is 6.22. The van der Waals surface area contributed by atoms with Gasteiger partial charge >= 0.3 is 0 Å². The third-order valence-electron chi connectivity index (χ3n) is 0.590. The Hall–Kier alpha value is 0.510. The van der Waals surface area contributed by atoms with E-state index in [4.69, 9.17) is 23.2 Å². The summed E-state index contributed by atoms with van der Waals surface area (Å²) in [7, 11) is 0. The molecular formula is C4H7Cl2F. The van der Waals surface area contributed by atoms with E-state index in [-0.39, 0.29) is 5.38 Å². The minimum absolute atomic E-state index is 0.377. The Labute approximate surface area is 52.6 Å². The van der Waals surface area contributed by atoms with E-state index in [1.807, 2.05) is 0 Å². The van der Waals surface area contributed by atoms with Gasteiger partial charge in [0, 0.05) is 5.88 Å². The van der Waals surface area contributed by atoms with Gasteiger partial charge in [-0.2, -0.15) is 0 Å². The van der Waals surface area contributed by atoms with E-state index in [1.54, 1.807) is 0 Å². The van der Waals surface area contributed by atoms with Gasteiger partial charge in [0.05, 0.1) is 5.38 Å². The zero-order valence-corrected chi connectivity index (χ0v) is 5.34. The lowest BCUT2D eigenvalue weighted by atomic mass is 10.4. The summed E-state index contributed by atoms with van der Waals surface area (Å²) in [5.74, 6) is 0.443. The summed E-state index contributed by atoms with van der Waals surface area (Å²) in [4.78, 5) is 0. The molecule has 1 unspecified atom stereocenters. The third kappa shape index (κ3) is 4.36. The molecule has 1 atom stereocenters. The Morgan fingerprint density at radius 2 is 2.14 bits per heavy atom. The quantitative estimate of drug-likeness (QED) is 0.534. The number of rotatable bonds is 3. The fraction of sp³-hybridized carbons (Fsp3) is 1.00. The van der Waals surface area contributed by atoms with Crippen LogP contribution in [0, 0.1) is 0 Å². The average Bonchev–Trinajstić information content (AvgIpc) is 1.68. The van der Waals surface area contributed by atoms with Gasteiger partial charge in [-0.05, 0) is 6.42 Å². The molecule has 0 aliphatic heterocycles. The van der Waals surface area contributed by atoms with Gasteiger partial charge in [-0.25, -0.2) is 4.39 Å². The first-order chi connectivity index (χ1) is 3.31. The van der Waals surface area contributed by atoms with E-state index in [9.17, 15) is 4.39 Å². The highest BCUT2D eigenvalue weighted by Crippen LogP contribution is 2.02. The Bertz CT molecular complexity index is 40.7. The van der Waals surface area contributed by atoms with Gasteiger partial charge in [-0.1, -0.05) is 0 Å². The highest BCUT2D eigenvalue weighted by Gasteiger charge is 1.99. The standard InChI is InChI=1S/C4H7Cl2F/c5-2-1-4(6)3-7/h4H,1-3H2. The maximum absolute atomic E-state index is 11.4. The molecule has 0 bridgehead atoms. The van der Waals surface area contributed by atoms with Crippen LogP contribution in [0.1, 0.15) is 6.42 Å². The zero-order valence-electron chi connectivity index (χ0n) is 3.83. The molecule has 0 saturated heterocycles. The van der Waals surface area contributed by atoms with Crippen molar-refractivity contribution in [3.63, 3.8) is 0 Å². The van der Waals surface area contributed by atoms with E-state index in [1.165, 1.54) is 0 Å². The van der Waals surface area contributed by atoms with Gasteiger partial charge in [-0.15, -0.1) is 23.2 Å². The second-order valence-corrected chi connectivity index (χ2v) is 2.22. The monoisotopic (exact) mass is 144 g/mol. The molecule has 0 fully saturated rings. The van der Waals surface area contributed by atoms with E-state index < -0.39 is 6.67 Å². The number of hydrogen-bond donors (Lipinski definition) is 0. The maximum atomic E-state index is 11.4. The summed E-state index contributed by atoms with van der Waals surface area (Å²) in [6.45, 7) is -0.478. The van der Waals surface area contributed by atoms with Gasteiger partial charge in [0.1, 0.15) is 6.67 Å². The van der Waals surface area contributed by atoms with Gasteiger partial charge in [-0.3, -0.25) is 0 Å². The molecule has 0 aliphatic rings. The molecule has 0 amide bonds. The van der Waals surface area contributed by atoms with Crippen molar-refractivity contribution in [3.05, 3.63) is 0 Å². The van der Waals surface area contributed by atoms with Crippen LogP contribution in [0.15, 0.2) is 0 Å². The van der Waals surface area contributed by atoms with Crippen LogP contribution in [0.3, 0.4) is 0 Å². The van der Waals surface area contributed by atoms with Crippen molar-refractivity contribution < 1.29 is 4.39 Å². The van der Waals surface area contributed by atoms with E-state index >= 15 is 0 Å². The van der Waals surface area contributed by atoms with Crippen molar-refractivity contribution in [2.24, 2.45) is 0 Å². The molecule has 0 radical (unpaired) electrons. The molecular weight excluding hydrogens is 138 g/mol. The summed E-state index contributed by atoms with van der Waals surface area (Å²) in [5, 5.41) is -0.377. The smallest absolute Gasteiger partial charge is 0.106 e. The van der Waals surface area contributed by atoms with Crippen molar-refractivity contribution in [2.75, 3.05) is 12.6 Å². The average molecular weight is 145 g/mol. The normalized spacial score (nSPS) is 14.1. The summed E-state index contributed by atoms with van der Waals surface area (Å²) in [6, 6.07) is 0. The van der Waals surface area contributed by atoms with Crippen LogP contribution in [0.5, 0.6) is 0 Å². The second-order valence-electron chi connectivity index (χ2n) is 1.23. The van der Waals surface area contributed by atoms with Crippen molar-refractivity contribution in [1.29, 1.82) is 0 Å². The Morgan fingerprint density at radius 3 is 2.29 bits per heavy atom. The minimum Gasteiger partial charge on any atom is -0.249 e. The molecule has 0 aliphatic carbocycles. The number of halogens is 3. The zero-order chi connectivity index (χ0) is 5.70. The molecule has 0 rings (SSSR count). The van der Waals surface area contributed by atoms with Gasteiger partial charge in [0.15, 0.2) is 0 Å². The lowest BCUT2D eigenvalue weighted by Gasteiger charge is -1.96. The summed E-state index contributed by atoms with van der Waals surface area (Å²) in [6.07, 6.45) is 0.555. The fourth-order valence-electron chi connectivity index (χ4n) is 0.196. The van der Waals surface area contributed by atoms with E-state index in [2.05, 4.69) is 0 Å². The molecule has 0 aromatic carbocycles. The lowest BCUT2D eigenvalue weighted by molar-refractivity contribution is 0.475. The number of hydrogen-bond acceptors (Lipinski definition) is 0. The molecule has 0 spiro atoms. The first kappa shape index (κ1) is 7.51. The Balaban J connectivity index is 2.83. The summed E-state index contributed by atoms with van der Waals surface area (Å²) in [5.41, 5.74) is 0. The van der Waals surface area contributed by atoms with Crippen molar-refractivity contribution in [1.82, 2.24) is 0 Å². The predicted molar refractivity (Wildman–Crippen MR) is 31.0 cm³/mol. The minimum atomic E-state index is -0.478. The number of alkyl halides is 3. The van der Waals surface area contributed by atoms with Crippen LogP contribution in [0.25, 0.3) is 0 Å². The first-order valence-electron chi connectivity index (χ1n) is 2.07. The van der Waals surface area contributed by atoms with Crippen molar-refractivity contribution >= 4 is 23.2 Å². The van der Waals surface area contributed by atoms with Gasteiger partial charge in [0.2, 0.25) is 0 Å². The van der Waals surface area contributed by atoms with Crippen LogP contribution < -0.4 is 0 Å². The van der Waals surface area contributed by atoms with E-state index in [0.717, 1.165) is 0 Å². The molecule has 0 nitrogen and oxygen atoms in total. The van der Waals surface area contributed by atoms with Gasteiger partial charge in [0.25, 0.3) is 0 Å². The molecule has 44 valence electrons. The third-order valence-corrected chi connectivity index (χ3v) is 1.14. The van der Waals surface area contributed by atoms with Crippen molar-refractivity contribution in [3.8, 4) is 0 Å². The van der Waals surface area contributed by atoms with Crippen LogP contribution >= 0.6 is 23.2 Å². The predicted octanol–water partition coefficient (Wildman–Crippen LogP) is 2.19. The Kier molecular flexibility index (Phi) is 5.00. The highest BCUT2D eigenvalue weighted by atomic mass is 35.5. The summed E-state index contributed by atoms with van der Waals surface area (Å²) < 4.78 is 11.4. The largest absolute Gasteiger partial charge is 0.249 e. The molecule has 0 N–H and O–H groups in total. The SMILES string of the molecule is FCC(Cl)CCCl. The van der Waals surface area contributed by atoms with Crippen LogP contribution in [0.2, 0.25) is 0 Å².